The molecular formula is C25H25FN4OS. The minimum absolute atomic E-state index is 0.0781. The fourth-order valence-electron chi connectivity index (χ4n) is 3.56. The van der Waals surface area contributed by atoms with Gasteiger partial charge in [-0.05, 0) is 48.7 Å². The lowest BCUT2D eigenvalue weighted by molar-refractivity contribution is -0.124. The van der Waals surface area contributed by atoms with Crippen molar-refractivity contribution in [1.29, 1.82) is 0 Å². The Bertz CT molecular complexity index is 1220. The van der Waals surface area contributed by atoms with Crippen LogP contribution >= 0.6 is 11.8 Å². The molecule has 5 nitrogen and oxygen atoms in total. The van der Waals surface area contributed by atoms with Crippen LogP contribution in [0, 0.1) is 12.7 Å². The first-order valence-corrected chi connectivity index (χ1v) is 11.6. The number of pyridine rings is 1. The average molecular weight is 449 g/mol. The van der Waals surface area contributed by atoms with Crippen LogP contribution in [0.3, 0.4) is 0 Å². The van der Waals surface area contributed by atoms with Gasteiger partial charge < -0.3 is 5.32 Å². The van der Waals surface area contributed by atoms with Gasteiger partial charge in [-0.25, -0.2) is 14.4 Å². The quantitative estimate of drug-likeness (QED) is 0.365. The molecule has 4 rings (SSSR count). The van der Waals surface area contributed by atoms with Crippen molar-refractivity contribution >= 4 is 28.8 Å². The number of thioether (sulfide) groups is 1. The molecule has 2 heterocycles. The summed E-state index contributed by atoms with van der Waals surface area (Å²) >= 11 is 1.48. The lowest BCUT2D eigenvalue weighted by Gasteiger charge is -2.19. The third-order valence-corrected chi connectivity index (χ3v) is 6.29. The highest BCUT2D eigenvalue weighted by atomic mass is 32.2. The molecular weight excluding hydrogens is 423 g/mol. The lowest BCUT2D eigenvalue weighted by Crippen LogP contribution is -2.32. The number of amides is 1. The summed E-state index contributed by atoms with van der Waals surface area (Å²) in [6, 6.07) is 17.9. The zero-order chi connectivity index (χ0) is 22.5. The van der Waals surface area contributed by atoms with Crippen molar-refractivity contribution in [2.45, 2.75) is 43.8 Å². The second-order valence-corrected chi connectivity index (χ2v) is 8.60. The first-order valence-electron chi connectivity index (χ1n) is 10.6. The highest BCUT2D eigenvalue weighted by Gasteiger charge is 2.25. The Balaban J connectivity index is 1.59. The molecule has 7 heteroatoms. The summed E-state index contributed by atoms with van der Waals surface area (Å²) in [5, 5.41) is 3.75. The lowest BCUT2D eigenvalue weighted by atomic mass is 10.1. The fraction of sp³-hybridized carbons (Fsp3) is 0.240. The SMILES string of the molecule is CC[C@H](C(=O)NCc1ccc(C)cc1)n1c(SCc2cccc(F)c2)nc2cccnc21. The zero-order valence-electron chi connectivity index (χ0n) is 18.1. The predicted octanol–water partition coefficient (Wildman–Crippen LogP) is 5.44. The summed E-state index contributed by atoms with van der Waals surface area (Å²) in [5.41, 5.74) is 4.50. The number of nitrogens with zero attached hydrogens (tertiary/aromatic N) is 3. The molecule has 0 unspecified atom stereocenters. The van der Waals surface area contributed by atoms with Crippen LogP contribution in [0.5, 0.6) is 0 Å². The van der Waals surface area contributed by atoms with Gasteiger partial charge in [-0.3, -0.25) is 9.36 Å². The Kier molecular flexibility index (Phi) is 6.85. The summed E-state index contributed by atoms with van der Waals surface area (Å²) in [7, 11) is 0. The maximum Gasteiger partial charge on any atom is 0.243 e. The van der Waals surface area contributed by atoms with Crippen molar-refractivity contribution in [2.75, 3.05) is 0 Å². The average Bonchev–Trinajstić information content (AvgIpc) is 3.16. The number of benzene rings is 2. The van der Waals surface area contributed by atoms with Crippen LogP contribution in [-0.2, 0) is 17.1 Å². The van der Waals surface area contributed by atoms with E-state index in [4.69, 9.17) is 4.98 Å². The first kappa shape index (κ1) is 22.0. The summed E-state index contributed by atoms with van der Waals surface area (Å²) in [6.07, 6.45) is 2.30. The van der Waals surface area contributed by atoms with Crippen LogP contribution in [0.25, 0.3) is 11.2 Å². The van der Waals surface area contributed by atoms with E-state index in [0.717, 1.165) is 16.6 Å². The highest BCUT2D eigenvalue weighted by molar-refractivity contribution is 7.98. The van der Waals surface area contributed by atoms with Gasteiger partial charge >= 0.3 is 0 Å². The van der Waals surface area contributed by atoms with Gasteiger partial charge in [0, 0.05) is 18.5 Å². The molecule has 2 aromatic carbocycles. The molecule has 0 saturated heterocycles. The van der Waals surface area contributed by atoms with Crippen molar-refractivity contribution in [3.05, 3.63) is 89.4 Å². The summed E-state index contributed by atoms with van der Waals surface area (Å²) in [4.78, 5) is 22.4. The van der Waals surface area contributed by atoms with E-state index in [2.05, 4.69) is 10.3 Å². The summed E-state index contributed by atoms with van der Waals surface area (Å²) in [5.74, 6) is 0.202. The molecule has 0 saturated carbocycles. The van der Waals surface area contributed by atoms with Gasteiger partial charge in [0.15, 0.2) is 10.8 Å². The third kappa shape index (κ3) is 4.99. The van der Waals surface area contributed by atoms with Crippen LogP contribution in [0.2, 0.25) is 0 Å². The minimum atomic E-state index is -0.449. The van der Waals surface area contributed by atoms with Crippen molar-refractivity contribution in [3.8, 4) is 0 Å². The van der Waals surface area contributed by atoms with Gasteiger partial charge in [-0.2, -0.15) is 0 Å². The first-order chi connectivity index (χ1) is 15.5. The van der Waals surface area contributed by atoms with E-state index in [9.17, 15) is 9.18 Å². The van der Waals surface area contributed by atoms with E-state index in [1.807, 2.05) is 60.9 Å². The Hall–Kier alpha value is -3.19. The molecule has 32 heavy (non-hydrogen) atoms. The number of imidazole rings is 1. The van der Waals surface area contributed by atoms with Crippen LogP contribution in [-0.4, -0.2) is 20.4 Å². The van der Waals surface area contributed by atoms with E-state index in [1.54, 1.807) is 12.3 Å². The number of carbonyl (C=O) groups is 1. The molecule has 0 radical (unpaired) electrons. The Morgan fingerprint density at radius 1 is 1.12 bits per heavy atom. The minimum Gasteiger partial charge on any atom is -0.350 e. The van der Waals surface area contributed by atoms with Crippen molar-refractivity contribution in [3.63, 3.8) is 0 Å². The standard InChI is InChI=1S/C25H25FN4OS/c1-3-22(24(31)28-15-18-11-9-17(2)10-12-18)30-23-21(8-5-13-27-23)29-25(30)32-16-19-6-4-7-20(26)14-19/h4-14,22H,3,15-16H2,1-2H3,(H,28,31)/t22-/m1/s1. The van der Waals surface area contributed by atoms with Gasteiger partial charge in [-0.1, -0.05) is 60.6 Å². The molecule has 0 spiro atoms. The number of carbonyl (C=O) groups excluding carboxylic acids is 1. The van der Waals surface area contributed by atoms with E-state index in [-0.39, 0.29) is 11.7 Å². The number of fused-ring (bicyclic) bond motifs is 1. The van der Waals surface area contributed by atoms with Crippen LogP contribution in [0.15, 0.2) is 72.0 Å². The fourth-order valence-corrected chi connectivity index (χ4v) is 4.56. The normalized spacial score (nSPS) is 12.1. The molecule has 1 amide bonds. The monoisotopic (exact) mass is 448 g/mol. The maximum atomic E-state index is 13.6. The smallest absolute Gasteiger partial charge is 0.243 e. The van der Waals surface area contributed by atoms with Crippen molar-refractivity contribution in [1.82, 2.24) is 19.9 Å². The largest absolute Gasteiger partial charge is 0.350 e. The predicted molar refractivity (Wildman–Crippen MR) is 126 cm³/mol. The zero-order valence-corrected chi connectivity index (χ0v) is 18.9. The maximum absolute atomic E-state index is 13.6. The number of aryl methyl sites for hydroxylation is 1. The molecule has 0 fully saturated rings. The Morgan fingerprint density at radius 3 is 2.69 bits per heavy atom. The van der Waals surface area contributed by atoms with Crippen LogP contribution in [0.4, 0.5) is 4.39 Å². The number of rotatable bonds is 8. The molecule has 1 N–H and O–H groups in total. The van der Waals surface area contributed by atoms with Gasteiger partial charge in [0.2, 0.25) is 5.91 Å². The van der Waals surface area contributed by atoms with Gasteiger partial charge in [0.05, 0.1) is 0 Å². The second kappa shape index (κ2) is 9.96. The molecule has 0 aliphatic carbocycles. The van der Waals surface area contributed by atoms with Gasteiger partial charge in [0.25, 0.3) is 0 Å². The van der Waals surface area contributed by atoms with Crippen LogP contribution in [0.1, 0.15) is 36.1 Å². The second-order valence-electron chi connectivity index (χ2n) is 7.66. The third-order valence-electron chi connectivity index (χ3n) is 5.26. The van der Waals surface area contributed by atoms with E-state index in [0.29, 0.717) is 29.5 Å². The van der Waals surface area contributed by atoms with Crippen molar-refractivity contribution < 1.29 is 9.18 Å². The Morgan fingerprint density at radius 2 is 1.94 bits per heavy atom. The van der Waals surface area contributed by atoms with E-state index in [1.165, 1.54) is 29.5 Å². The number of nitrogens with one attached hydrogen (secondary N) is 1. The van der Waals surface area contributed by atoms with Gasteiger partial charge in [-0.15, -0.1) is 0 Å². The number of aromatic nitrogens is 3. The molecule has 0 aliphatic heterocycles. The molecule has 0 bridgehead atoms. The summed E-state index contributed by atoms with van der Waals surface area (Å²) in [6.45, 7) is 4.48. The Labute approximate surface area is 191 Å². The molecule has 2 aromatic heterocycles. The highest BCUT2D eigenvalue weighted by Crippen LogP contribution is 2.30. The molecule has 164 valence electrons. The topological polar surface area (TPSA) is 59.8 Å². The van der Waals surface area contributed by atoms with Gasteiger partial charge in [0.1, 0.15) is 17.4 Å². The molecule has 0 aliphatic rings. The number of hydrogen-bond donors (Lipinski definition) is 1. The number of halogens is 1. The van der Waals surface area contributed by atoms with Crippen molar-refractivity contribution in [2.24, 2.45) is 0 Å². The molecule has 1 atom stereocenters. The van der Waals surface area contributed by atoms with E-state index >= 15 is 0 Å². The summed E-state index contributed by atoms with van der Waals surface area (Å²) < 4.78 is 15.5. The number of hydrogen-bond acceptors (Lipinski definition) is 4. The van der Waals surface area contributed by atoms with E-state index < -0.39 is 6.04 Å². The molecule has 4 aromatic rings. The van der Waals surface area contributed by atoms with Crippen LogP contribution < -0.4 is 5.32 Å².